The molecule has 0 aliphatic heterocycles. The Balaban J connectivity index is 3.54. The molecule has 80 valence electrons. The average Bonchev–Trinajstić information content (AvgIpc) is 2.13. The number of hydrogen-bond acceptors (Lipinski definition) is 1. The summed E-state index contributed by atoms with van der Waals surface area (Å²) in [7, 11) is 0. The summed E-state index contributed by atoms with van der Waals surface area (Å²) >= 11 is 0. The van der Waals surface area contributed by atoms with Gasteiger partial charge in [0.05, 0.1) is 0 Å². The zero-order chi connectivity index (χ0) is 10.3. The lowest BCUT2D eigenvalue weighted by atomic mass is 9.91. The van der Waals surface area contributed by atoms with Crippen LogP contribution in [0.3, 0.4) is 0 Å². The second-order valence-electron chi connectivity index (χ2n) is 4.52. The molecular formula is C12H27N. The lowest BCUT2D eigenvalue weighted by molar-refractivity contribution is 0.365. The standard InChI is InChI=1S/C12H27N/c1-5-7-11(4)12(13)9-8-10(3)6-2/h10-12H,5-9,13H2,1-4H3. The smallest absolute Gasteiger partial charge is 0.00646 e. The molecule has 0 fully saturated rings. The highest BCUT2D eigenvalue weighted by Crippen LogP contribution is 2.17. The van der Waals surface area contributed by atoms with Crippen molar-refractivity contribution in [2.75, 3.05) is 0 Å². The van der Waals surface area contributed by atoms with Crippen LogP contribution in [0.4, 0.5) is 0 Å². The molecule has 13 heavy (non-hydrogen) atoms. The maximum atomic E-state index is 6.11. The summed E-state index contributed by atoms with van der Waals surface area (Å²) in [6.45, 7) is 9.09. The van der Waals surface area contributed by atoms with Crippen molar-refractivity contribution in [2.24, 2.45) is 17.6 Å². The van der Waals surface area contributed by atoms with E-state index in [1.807, 2.05) is 0 Å². The molecule has 0 spiro atoms. The van der Waals surface area contributed by atoms with Crippen LogP contribution in [0.5, 0.6) is 0 Å². The maximum Gasteiger partial charge on any atom is 0.00646 e. The van der Waals surface area contributed by atoms with E-state index in [0.717, 1.165) is 5.92 Å². The van der Waals surface area contributed by atoms with Gasteiger partial charge in [-0.05, 0) is 31.1 Å². The largest absolute Gasteiger partial charge is 0.327 e. The van der Waals surface area contributed by atoms with Crippen LogP contribution in [0.15, 0.2) is 0 Å². The highest BCUT2D eigenvalue weighted by atomic mass is 14.6. The fourth-order valence-corrected chi connectivity index (χ4v) is 1.64. The fourth-order valence-electron chi connectivity index (χ4n) is 1.64. The van der Waals surface area contributed by atoms with Crippen molar-refractivity contribution in [1.82, 2.24) is 0 Å². The SMILES string of the molecule is CCCC(C)C(N)CCC(C)CC. The van der Waals surface area contributed by atoms with Gasteiger partial charge >= 0.3 is 0 Å². The molecule has 0 aliphatic carbocycles. The van der Waals surface area contributed by atoms with E-state index in [2.05, 4.69) is 27.7 Å². The van der Waals surface area contributed by atoms with E-state index in [1.165, 1.54) is 32.1 Å². The van der Waals surface area contributed by atoms with Gasteiger partial charge in [-0.25, -0.2) is 0 Å². The van der Waals surface area contributed by atoms with E-state index in [4.69, 9.17) is 5.73 Å². The summed E-state index contributed by atoms with van der Waals surface area (Å²) in [6.07, 6.45) is 6.33. The fraction of sp³-hybridized carbons (Fsp3) is 1.00. The molecular weight excluding hydrogens is 158 g/mol. The van der Waals surface area contributed by atoms with Gasteiger partial charge < -0.3 is 5.73 Å². The van der Waals surface area contributed by atoms with Gasteiger partial charge in [0.15, 0.2) is 0 Å². The molecule has 0 aromatic heterocycles. The van der Waals surface area contributed by atoms with Crippen LogP contribution in [0.1, 0.15) is 59.8 Å². The van der Waals surface area contributed by atoms with E-state index in [9.17, 15) is 0 Å². The van der Waals surface area contributed by atoms with Gasteiger partial charge in [0.25, 0.3) is 0 Å². The Bertz CT molecular complexity index is 112. The van der Waals surface area contributed by atoms with Gasteiger partial charge in [0.2, 0.25) is 0 Å². The third kappa shape index (κ3) is 6.09. The molecule has 0 aliphatic rings. The van der Waals surface area contributed by atoms with E-state index in [1.54, 1.807) is 0 Å². The maximum absolute atomic E-state index is 6.11. The van der Waals surface area contributed by atoms with E-state index in [-0.39, 0.29) is 0 Å². The third-order valence-electron chi connectivity index (χ3n) is 3.16. The molecule has 3 atom stereocenters. The van der Waals surface area contributed by atoms with Gasteiger partial charge in [-0.2, -0.15) is 0 Å². The van der Waals surface area contributed by atoms with E-state index < -0.39 is 0 Å². The number of nitrogens with two attached hydrogens (primary N) is 1. The summed E-state index contributed by atoms with van der Waals surface area (Å²) < 4.78 is 0. The highest BCUT2D eigenvalue weighted by molar-refractivity contribution is 4.69. The van der Waals surface area contributed by atoms with Crippen LogP contribution < -0.4 is 5.73 Å². The van der Waals surface area contributed by atoms with Gasteiger partial charge in [0.1, 0.15) is 0 Å². The lowest BCUT2D eigenvalue weighted by Crippen LogP contribution is -2.28. The summed E-state index contributed by atoms with van der Waals surface area (Å²) in [6, 6.07) is 0.425. The molecule has 1 heteroatoms. The Morgan fingerprint density at radius 3 is 2.08 bits per heavy atom. The van der Waals surface area contributed by atoms with Crippen molar-refractivity contribution in [3.63, 3.8) is 0 Å². The van der Waals surface area contributed by atoms with Crippen LogP contribution in [-0.4, -0.2) is 6.04 Å². The monoisotopic (exact) mass is 185 g/mol. The Hall–Kier alpha value is -0.0400. The van der Waals surface area contributed by atoms with Crippen LogP contribution in [0, 0.1) is 11.8 Å². The minimum absolute atomic E-state index is 0.425. The van der Waals surface area contributed by atoms with Crippen molar-refractivity contribution in [3.8, 4) is 0 Å². The zero-order valence-electron chi connectivity index (χ0n) is 9.84. The molecule has 0 saturated heterocycles. The van der Waals surface area contributed by atoms with Crippen molar-refractivity contribution >= 4 is 0 Å². The van der Waals surface area contributed by atoms with Crippen LogP contribution in [0.2, 0.25) is 0 Å². The average molecular weight is 185 g/mol. The Morgan fingerprint density at radius 2 is 1.62 bits per heavy atom. The molecule has 3 unspecified atom stereocenters. The minimum Gasteiger partial charge on any atom is -0.327 e. The Kier molecular flexibility index (Phi) is 7.35. The Labute approximate surface area is 84.1 Å². The van der Waals surface area contributed by atoms with E-state index >= 15 is 0 Å². The van der Waals surface area contributed by atoms with Crippen LogP contribution in [0.25, 0.3) is 0 Å². The summed E-state index contributed by atoms with van der Waals surface area (Å²) in [5.74, 6) is 1.55. The molecule has 0 amide bonds. The molecule has 0 radical (unpaired) electrons. The second-order valence-corrected chi connectivity index (χ2v) is 4.52. The third-order valence-corrected chi connectivity index (χ3v) is 3.16. The summed E-state index contributed by atoms with van der Waals surface area (Å²) in [5, 5.41) is 0. The van der Waals surface area contributed by atoms with Gasteiger partial charge in [0, 0.05) is 6.04 Å². The number of rotatable bonds is 7. The topological polar surface area (TPSA) is 26.0 Å². The van der Waals surface area contributed by atoms with Crippen molar-refractivity contribution in [1.29, 1.82) is 0 Å². The predicted octanol–water partition coefficient (Wildman–Crippen LogP) is 3.58. The van der Waals surface area contributed by atoms with Gasteiger partial charge in [-0.15, -0.1) is 0 Å². The quantitative estimate of drug-likeness (QED) is 0.644. The Morgan fingerprint density at radius 1 is 1.00 bits per heavy atom. The predicted molar refractivity (Wildman–Crippen MR) is 60.7 cm³/mol. The van der Waals surface area contributed by atoms with Crippen LogP contribution in [-0.2, 0) is 0 Å². The molecule has 0 bridgehead atoms. The first-order chi connectivity index (χ1) is 6.11. The van der Waals surface area contributed by atoms with Crippen molar-refractivity contribution < 1.29 is 0 Å². The van der Waals surface area contributed by atoms with Gasteiger partial charge in [-0.1, -0.05) is 40.5 Å². The molecule has 0 aromatic carbocycles. The van der Waals surface area contributed by atoms with Gasteiger partial charge in [-0.3, -0.25) is 0 Å². The molecule has 0 heterocycles. The molecule has 0 rings (SSSR count). The minimum atomic E-state index is 0.425. The van der Waals surface area contributed by atoms with E-state index in [0.29, 0.717) is 12.0 Å². The molecule has 0 saturated carbocycles. The first-order valence-electron chi connectivity index (χ1n) is 5.87. The molecule has 2 N–H and O–H groups in total. The van der Waals surface area contributed by atoms with Crippen LogP contribution >= 0.6 is 0 Å². The van der Waals surface area contributed by atoms with Crippen molar-refractivity contribution in [3.05, 3.63) is 0 Å². The molecule has 1 nitrogen and oxygen atoms in total. The normalized spacial score (nSPS) is 18.2. The summed E-state index contributed by atoms with van der Waals surface area (Å²) in [5.41, 5.74) is 6.11. The summed E-state index contributed by atoms with van der Waals surface area (Å²) in [4.78, 5) is 0. The highest BCUT2D eigenvalue weighted by Gasteiger charge is 2.12. The lowest BCUT2D eigenvalue weighted by Gasteiger charge is -2.20. The zero-order valence-corrected chi connectivity index (χ0v) is 9.84. The first kappa shape index (κ1) is 13.0. The molecule has 0 aromatic rings. The second kappa shape index (κ2) is 7.37. The first-order valence-corrected chi connectivity index (χ1v) is 5.87. The number of hydrogen-bond donors (Lipinski definition) is 1. The van der Waals surface area contributed by atoms with Crippen molar-refractivity contribution in [2.45, 2.75) is 65.8 Å².